The molecule has 0 aliphatic carbocycles. The Balaban J connectivity index is 2.48. The van der Waals surface area contributed by atoms with E-state index in [1.54, 1.807) is 0 Å². The molecule has 3 atom stereocenters. The number of nitrogens with two attached hydrogens (primary N) is 5. The summed E-state index contributed by atoms with van der Waals surface area (Å²) >= 11 is 0. The van der Waals surface area contributed by atoms with Crippen LogP contribution in [0.1, 0.15) is 33.1 Å². The van der Waals surface area contributed by atoms with Gasteiger partial charge in [-0.15, -0.1) is 0 Å². The molecule has 6 nitrogen and oxygen atoms in total. The standard InChI is InChI=1S/C20H34N6/c1-14(21)6-3-4-8-16(22)10-11-17(23)18(24)12-13-19(25)20-9-5-7-15(2)26-20/h3-7,9,11-12,15-16,19,26H,8,10,13,21-25H2,1-2H3/b4-3-,14-6-,17-11-,18-12-. The van der Waals surface area contributed by atoms with E-state index in [-0.39, 0.29) is 18.1 Å². The second kappa shape index (κ2) is 11.2. The second-order valence-corrected chi connectivity index (χ2v) is 6.67. The number of hydrogen-bond acceptors (Lipinski definition) is 6. The molecule has 1 aliphatic heterocycles. The Morgan fingerprint density at radius 3 is 2.38 bits per heavy atom. The van der Waals surface area contributed by atoms with Gasteiger partial charge in [-0.1, -0.05) is 36.5 Å². The lowest BCUT2D eigenvalue weighted by Crippen LogP contribution is -2.36. The Morgan fingerprint density at radius 2 is 1.77 bits per heavy atom. The van der Waals surface area contributed by atoms with Crippen molar-refractivity contribution >= 4 is 0 Å². The summed E-state index contributed by atoms with van der Waals surface area (Å²) in [5.74, 6) is 0. The summed E-state index contributed by atoms with van der Waals surface area (Å²) in [6.45, 7) is 3.92. The van der Waals surface area contributed by atoms with Crippen molar-refractivity contribution in [2.75, 3.05) is 0 Å². The van der Waals surface area contributed by atoms with Crippen LogP contribution in [0.2, 0.25) is 0 Å². The Kier molecular flexibility index (Phi) is 9.33. The molecule has 0 aromatic rings. The minimum absolute atomic E-state index is 0.0174. The Bertz CT molecular complexity index is 620. The zero-order valence-corrected chi connectivity index (χ0v) is 15.9. The van der Waals surface area contributed by atoms with Crippen LogP contribution in [-0.2, 0) is 0 Å². The molecule has 0 saturated heterocycles. The smallest absolute Gasteiger partial charge is 0.0504 e. The highest BCUT2D eigenvalue weighted by Crippen LogP contribution is 2.10. The van der Waals surface area contributed by atoms with E-state index in [0.717, 1.165) is 17.8 Å². The quantitative estimate of drug-likeness (QED) is 0.343. The van der Waals surface area contributed by atoms with Crippen molar-refractivity contribution in [1.82, 2.24) is 5.32 Å². The Labute approximate surface area is 157 Å². The molecule has 0 aromatic heterocycles. The zero-order valence-electron chi connectivity index (χ0n) is 15.9. The minimum Gasteiger partial charge on any atom is -0.402 e. The number of hydrogen-bond donors (Lipinski definition) is 6. The van der Waals surface area contributed by atoms with E-state index in [1.807, 2.05) is 49.5 Å². The van der Waals surface area contributed by atoms with Crippen LogP contribution >= 0.6 is 0 Å². The van der Waals surface area contributed by atoms with Crippen molar-refractivity contribution in [1.29, 1.82) is 0 Å². The topological polar surface area (TPSA) is 142 Å². The molecule has 0 bridgehead atoms. The maximum atomic E-state index is 6.20. The lowest BCUT2D eigenvalue weighted by atomic mass is 10.1. The predicted octanol–water partition coefficient (Wildman–Crippen LogP) is 1.35. The fourth-order valence-electron chi connectivity index (χ4n) is 2.38. The molecule has 144 valence electrons. The molecule has 3 unspecified atom stereocenters. The molecule has 1 rings (SSSR count). The molecule has 0 saturated carbocycles. The lowest BCUT2D eigenvalue weighted by molar-refractivity contribution is 0.629. The zero-order chi connectivity index (χ0) is 19.5. The SMILES string of the molecule is C/C(N)=C/C=C\CC(N)C/C=C(N)/C(N)=C/CC(N)C1=CC=CC(C)N1. The first-order chi connectivity index (χ1) is 12.3. The van der Waals surface area contributed by atoms with E-state index in [9.17, 15) is 0 Å². The first-order valence-electron chi connectivity index (χ1n) is 8.96. The van der Waals surface area contributed by atoms with Crippen molar-refractivity contribution in [3.05, 3.63) is 71.4 Å². The highest BCUT2D eigenvalue weighted by molar-refractivity contribution is 5.28. The molecular weight excluding hydrogens is 324 g/mol. The van der Waals surface area contributed by atoms with E-state index >= 15 is 0 Å². The average molecular weight is 359 g/mol. The van der Waals surface area contributed by atoms with Gasteiger partial charge in [0.2, 0.25) is 0 Å². The van der Waals surface area contributed by atoms with Gasteiger partial charge >= 0.3 is 0 Å². The molecule has 6 heteroatoms. The van der Waals surface area contributed by atoms with Crippen molar-refractivity contribution < 1.29 is 0 Å². The molecule has 0 spiro atoms. The van der Waals surface area contributed by atoms with Gasteiger partial charge in [0.1, 0.15) is 0 Å². The van der Waals surface area contributed by atoms with Crippen LogP contribution in [0.15, 0.2) is 71.4 Å². The molecule has 0 radical (unpaired) electrons. The summed E-state index contributed by atoms with van der Waals surface area (Å²) in [4.78, 5) is 0. The average Bonchev–Trinajstić information content (AvgIpc) is 2.60. The third-order valence-corrected chi connectivity index (χ3v) is 3.97. The van der Waals surface area contributed by atoms with Crippen LogP contribution in [0.5, 0.6) is 0 Å². The monoisotopic (exact) mass is 358 g/mol. The fraction of sp³-hybridized carbons (Fsp3) is 0.400. The fourth-order valence-corrected chi connectivity index (χ4v) is 2.38. The van der Waals surface area contributed by atoms with Gasteiger partial charge in [-0.05, 0) is 45.3 Å². The molecule has 1 aliphatic rings. The van der Waals surface area contributed by atoms with Crippen molar-refractivity contribution in [3.8, 4) is 0 Å². The number of allylic oxidation sites excluding steroid dienone is 5. The van der Waals surface area contributed by atoms with Crippen molar-refractivity contribution in [2.24, 2.45) is 28.7 Å². The maximum Gasteiger partial charge on any atom is 0.0504 e. The predicted molar refractivity (Wildman–Crippen MR) is 111 cm³/mol. The normalized spacial score (nSPS) is 21.5. The van der Waals surface area contributed by atoms with Crippen molar-refractivity contribution in [3.63, 3.8) is 0 Å². The molecule has 11 N–H and O–H groups in total. The third kappa shape index (κ3) is 8.60. The summed E-state index contributed by atoms with van der Waals surface area (Å²) in [7, 11) is 0. The summed E-state index contributed by atoms with van der Waals surface area (Å²) < 4.78 is 0. The number of dihydropyridines is 1. The van der Waals surface area contributed by atoms with E-state index < -0.39 is 0 Å². The van der Waals surface area contributed by atoms with Crippen LogP contribution in [0.25, 0.3) is 0 Å². The number of rotatable bonds is 9. The maximum absolute atomic E-state index is 6.20. The van der Waals surface area contributed by atoms with E-state index in [1.165, 1.54) is 0 Å². The van der Waals surface area contributed by atoms with E-state index in [0.29, 0.717) is 24.2 Å². The summed E-state index contributed by atoms with van der Waals surface area (Å²) in [5, 5.41) is 3.34. The summed E-state index contributed by atoms with van der Waals surface area (Å²) in [6, 6.07) is 0.128. The van der Waals surface area contributed by atoms with Gasteiger partial charge in [-0.2, -0.15) is 0 Å². The first-order valence-corrected chi connectivity index (χ1v) is 8.96. The molecule has 0 amide bonds. The Hall–Kier alpha value is -2.44. The lowest BCUT2D eigenvalue weighted by Gasteiger charge is -2.22. The van der Waals surface area contributed by atoms with Crippen LogP contribution in [0.3, 0.4) is 0 Å². The van der Waals surface area contributed by atoms with E-state index in [4.69, 9.17) is 28.7 Å². The van der Waals surface area contributed by atoms with Gasteiger partial charge in [0.25, 0.3) is 0 Å². The molecular formula is C20H34N6. The highest BCUT2D eigenvalue weighted by Gasteiger charge is 2.12. The van der Waals surface area contributed by atoms with E-state index in [2.05, 4.69) is 18.3 Å². The molecule has 26 heavy (non-hydrogen) atoms. The third-order valence-electron chi connectivity index (χ3n) is 3.97. The second-order valence-electron chi connectivity index (χ2n) is 6.67. The van der Waals surface area contributed by atoms with Crippen LogP contribution in [-0.4, -0.2) is 18.1 Å². The first kappa shape index (κ1) is 21.6. The molecule has 0 aromatic carbocycles. The van der Waals surface area contributed by atoms with Crippen molar-refractivity contribution in [2.45, 2.75) is 51.2 Å². The summed E-state index contributed by atoms with van der Waals surface area (Å²) in [6.07, 6.45) is 17.5. The van der Waals surface area contributed by atoms with Crippen LogP contribution < -0.4 is 34.0 Å². The summed E-state index contributed by atoms with van der Waals surface area (Å²) in [5.41, 5.74) is 32.7. The minimum atomic E-state index is -0.139. The van der Waals surface area contributed by atoms with Gasteiger partial charge in [0, 0.05) is 29.5 Å². The molecule has 1 heterocycles. The van der Waals surface area contributed by atoms with Crippen LogP contribution in [0, 0.1) is 0 Å². The van der Waals surface area contributed by atoms with Crippen LogP contribution in [0.4, 0.5) is 0 Å². The number of nitrogens with one attached hydrogen (secondary N) is 1. The van der Waals surface area contributed by atoms with Gasteiger partial charge in [-0.25, -0.2) is 0 Å². The highest BCUT2D eigenvalue weighted by atomic mass is 15.0. The van der Waals surface area contributed by atoms with Gasteiger partial charge in [0.05, 0.1) is 11.4 Å². The largest absolute Gasteiger partial charge is 0.402 e. The van der Waals surface area contributed by atoms with Gasteiger partial charge < -0.3 is 34.0 Å². The van der Waals surface area contributed by atoms with Gasteiger partial charge in [-0.3, -0.25) is 0 Å². The van der Waals surface area contributed by atoms with Gasteiger partial charge in [0.15, 0.2) is 0 Å². The Morgan fingerprint density at radius 1 is 1.12 bits per heavy atom. The molecule has 0 fully saturated rings.